The normalized spacial score (nSPS) is 18.0. The van der Waals surface area contributed by atoms with Gasteiger partial charge in [-0.15, -0.1) is 11.3 Å². The summed E-state index contributed by atoms with van der Waals surface area (Å²) < 4.78 is 0. The maximum atomic E-state index is 13.6. The predicted octanol–water partition coefficient (Wildman–Crippen LogP) is 6.18. The molecule has 1 aromatic heterocycles. The molecule has 0 spiro atoms. The molecule has 1 aliphatic heterocycles. The smallest absolute Gasteiger partial charge is 0.230 e. The minimum Gasteiger partial charge on any atom is -0.326 e. The summed E-state index contributed by atoms with van der Waals surface area (Å²) in [5, 5.41) is 8.05. The molecule has 1 aliphatic rings. The molecule has 0 saturated carbocycles. The molecular weight excluding hydrogens is 470 g/mol. The largest absolute Gasteiger partial charge is 0.326 e. The van der Waals surface area contributed by atoms with Gasteiger partial charge in [0.2, 0.25) is 17.7 Å². The Morgan fingerprint density at radius 3 is 2.56 bits per heavy atom. The standard InChI is InChI=1S/C26H26ClN3O3S/c1-3-23(31)28-17-8-12-20(27)21(15-17)29-26(33)19-11-13-24(32)30(18-9-6-16(2)7-10-18)25(19)22-5-4-14-34-22/h4-10,12,14-15,19,25H,3,11,13H2,1-2H3,(H,28,31)(H,29,33). The topological polar surface area (TPSA) is 78.5 Å². The highest BCUT2D eigenvalue weighted by molar-refractivity contribution is 7.10. The zero-order valence-corrected chi connectivity index (χ0v) is 20.6. The number of rotatable bonds is 6. The van der Waals surface area contributed by atoms with Crippen molar-refractivity contribution in [2.75, 3.05) is 15.5 Å². The van der Waals surface area contributed by atoms with Gasteiger partial charge < -0.3 is 15.5 Å². The van der Waals surface area contributed by atoms with Crippen LogP contribution >= 0.6 is 22.9 Å². The molecule has 8 heteroatoms. The molecule has 0 radical (unpaired) electrons. The van der Waals surface area contributed by atoms with E-state index in [2.05, 4.69) is 10.6 Å². The van der Waals surface area contributed by atoms with Crippen molar-refractivity contribution >= 4 is 57.7 Å². The summed E-state index contributed by atoms with van der Waals surface area (Å²) in [6.07, 6.45) is 1.05. The highest BCUT2D eigenvalue weighted by Crippen LogP contribution is 2.42. The van der Waals surface area contributed by atoms with Crippen molar-refractivity contribution in [2.24, 2.45) is 5.92 Å². The average molecular weight is 496 g/mol. The van der Waals surface area contributed by atoms with E-state index in [0.717, 1.165) is 16.1 Å². The first-order chi connectivity index (χ1) is 16.4. The van der Waals surface area contributed by atoms with E-state index < -0.39 is 12.0 Å². The maximum absolute atomic E-state index is 13.6. The quantitative estimate of drug-likeness (QED) is 0.428. The van der Waals surface area contributed by atoms with E-state index in [0.29, 0.717) is 29.2 Å². The van der Waals surface area contributed by atoms with Crippen LogP contribution in [-0.4, -0.2) is 17.7 Å². The van der Waals surface area contributed by atoms with E-state index in [1.54, 1.807) is 30.0 Å². The predicted molar refractivity (Wildman–Crippen MR) is 137 cm³/mol. The van der Waals surface area contributed by atoms with Gasteiger partial charge in [0.15, 0.2) is 0 Å². The van der Waals surface area contributed by atoms with Crippen molar-refractivity contribution in [3.05, 3.63) is 75.4 Å². The molecule has 0 aliphatic carbocycles. The Balaban J connectivity index is 1.65. The second kappa shape index (κ2) is 10.4. The van der Waals surface area contributed by atoms with Crippen LogP contribution in [0.25, 0.3) is 0 Å². The minimum absolute atomic E-state index is 0.00592. The third kappa shape index (κ3) is 5.16. The number of halogens is 1. The van der Waals surface area contributed by atoms with Crippen LogP contribution in [-0.2, 0) is 14.4 Å². The van der Waals surface area contributed by atoms with Gasteiger partial charge >= 0.3 is 0 Å². The van der Waals surface area contributed by atoms with Crippen molar-refractivity contribution in [1.29, 1.82) is 0 Å². The van der Waals surface area contributed by atoms with Crippen molar-refractivity contribution in [2.45, 2.75) is 39.2 Å². The minimum atomic E-state index is -0.470. The highest BCUT2D eigenvalue weighted by Gasteiger charge is 2.42. The molecule has 3 aromatic rings. The number of hydrogen-bond donors (Lipinski definition) is 2. The van der Waals surface area contributed by atoms with Gasteiger partial charge in [-0.3, -0.25) is 14.4 Å². The van der Waals surface area contributed by atoms with Gasteiger partial charge in [-0.05, 0) is 55.1 Å². The third-order valence-electron chi connectivity index (χ3n) is 5.91. The number of nitrogens with zero attached hydrogens (tertiary/aromatic N) is 1. The first-order valence-electron chi connectivity index (χ1n) is 11.2. The van der Waals surface area contributed by atoms with Crippen molar-refractivity contribution in [1.82, 2.24) is 0 Å². The zero-order chi connectivity index (χ0) is 24.2. The molecule has 0 bridgehead atoms. The van der Waals surface area contributed by atoms with Crippen molar-refractivity contribution in [3.63, 3.8) is 0 Å². The second-order valence-corrected chi connectivity index (χ2v) is 9.68. The Morgan fingerprint density at radius 1 is 1.12 bits per heavy atom. The van der Waals surface area contributed by atoms with E-state index in [-0.39, 0.29) is 24.1 Å². The summed E-state index contributed by atoms with van der Waals surface area (Å²) in [5.41, 5.74) is 2.85. The Kier molecular flexibility index (Phi) is 7.34. The van der Waals surface area contributed by atoms with Crippen molar-refractivity contribution < 1.29 is 14.4 Å². The van der Waals surface area contributed by atoms with Gasteiger partial charge in [-0.25, -0.2) is 0 Å². The average Bonchev–Trinajstić information content (AvgIpc) is 3.36. The van der Waals surface area contributed by atoms with Gasteiger partial charge in [0.25, 0.3) is 0 Å². The molecule has 2 heterocycles. The fraction of sp³-hybridized carbons (Fsp3) is 0.269. The molecule has 2 aromatic carbocycles. The summed E-state index contributed by atoms with van der Waals surface area (Å²) in [5.74, 6) is -0.822. The maximum Gasteiger partial charge on any atom is 0.230 e. The fourth-order valence-corrected chi connectivity index (χ4v) is 5.18. The van der Waals surface area contributed by atoms with Gasteiger partial charge in [-0.1, -0.05) is 42.3 Å². The molecule has 1 fully saturated rings. The van der Waals surface area contributed by atoms with Gasteiger partial charge in [0.05, 0.1) is 22.7 Å². The second-order valence-electron chi connectivity index (χ2n) is 8.29. The molecule has 2 N–H and O–H groups in total. The molecular formula is C26H26ClN3O3S. The molecule has 34 heavy (non-hydrogen) atoms. The first-order valence-corrected chi connectivity index (χ1v) is 12.5. The molecule has 6 nitrogen and oxygen atoms in total. The van der Waals surface area contributed by atoms with Crippen LogP contribution in [0.2, 0.25) is 5.02 Å². The summed E-state index contributed by atoms with van der Waals surface area (Å²) in [6.45, 7) is 3.76. The lowest BCUT2D eigenvalue weighted by Gasteiger charge is -2.40. The Hall–Kier alpha value is -3.16. The summed E-state index contributed by atoms with van der Waals surface area (Å²) >= 11 is 7.89. The van der Waals surface area contributed by atoms with E-state index in [9.17, 15) is 14.4 Å². The summed E-state index contributed by atoms with van der Waals surface area (Å²) in [6, 6.07) is 16.2. The molecule has 2 atom stereocenters. The number of anilines is 3. The lowest BCUT2D eigenvalue weighted by molar-refractivity contribution is -0.126. The first kappa shape index (κ1) is 24.0. The molecule has 176 valence electrons. The van der Waals surface area contributed by atoms with Crippen LogP contribution < -0.4 is 15.5 Å². The number of piperidine rings is 1. The fourth-order valence-electron chi connectivity index (χ4n) is 4.14. The zero-order valence-electron chi connectivity index (χ0n) is 19.0. The monoisotopic (exact) mass is 495 g/mol. The van der Waals surface area contributed by atoms with Gasteiger partial charge in [-0.2, -0.15) is 0 Å². The molecule has 1 saturated heterocycles. The number of benzene rings is 2. The Labute approximate surface area is 207 Å². The van der Waals surface area contributed by atoms with Crippen LogP contribution in [0.15, 0.2) is 60.0 Å². The van der Waals surface area contributed by atoms with Crippen molar-refractivity contribution in [3.8, 4) is 0 Å². The van der Waals surface area contributed by atoms with E-state index >= 15 is 0 Å². The molecule has 3 amide bonds. The lowest BCUT2D eigenvalue weighted by Crippen LogP contribution is -2.46. The van der Waals surface area contributed by atoms with Crippen LogP contribution in [0.4, 0.5) is 17.1 Å². The SMILES string of the molecule is CCC(=O)Nc1ccc(Cl)c(NC(=O)C2CCC(=O)N(c3ccc(C)cc3)C2c2cccs2)c1. The Bertz CT molecular complexity index is 1190. The van der Waals surface area contributed by atoms with Gasteiger partial charge in [0.1, 0.15) is 0 Å². The summed E-state index contributed by atoms with van der Waals surface area (Å²) in [7, 11) is 0. The number of carbonyl (C=O) groups is 3. The number of hydrogen-bond acceptors (Lipinski definition) is 4. The van der Waals surface area contributed by atoms with Crippen LogP contribution in [0, 0.1) is 12.8 Å². The number of amides is 3. The summed E-state index contributed by atoms with van der Waals surface area (Å²) in [4.78, 5) is 41.1. The molecule has 2 unspecified atom stereocenters. The van der Waals surface area contributed by atoms with Crippen LogP contribution in [0.5, 0.6) is 0 Å². The number of aryl methyl sites for hydroxylation is 1. The Morgan fingerprint density at radius 2 is 1.88 bits per heavy atom. The molecule has 4 rings (SSSR count). The number of thiophene rings is 1. The van der Waals surface area contributed by atoms with Crippen LogP contribution in [0.3, 0.4) is 0 Å². The van der Waals surface area contributed by atoms with Crippen LogP contribution in [0.1, 0.15) is 42.7 Å². The van der Waals surface area contributed by atoms with E-state index in [4.69, 9.17) is 11.6 Å². The number of nitrogens with one attached hydrogen (secondary N) is 2. The third-order valence-corrected chi connectivity index (χ3v) is 7.18. The van der Waals surface area contributed by atoms with E-state index in [1.807, 2.05) is 48.7 Å². The lowest BCUT2D eigenvalue weighted by atomic mass is 9.86. The van der Waals surface area contributed by atoms with E-state index in [1.165, 1.54) is 11.3 Å². The number of carbonyl (C=O) groups excluding carboxylic acids is 3. The highest BCUT2D eigenvalue weighted by atomic mass is 35.5. The van der Waals surface area contributed by atoms with Gasteiger partial charge in [0, 0.05) is 29.1 Å².